The van der Waals surface area contributed by atoms with Crippen molar-refractivity contribution in [3.05, 3.63) is 52.0 Å². The van der Waals surface area contributed by atoms with Crippen LogP contribution >= 0.6 is 0 Å². The van der Waals surface area contributed by atoms with E-state index >= 15 is 0 Å². The molecule has 0 radical (unpaired) electrons. The lowest BCUT2D eigenvalue weighted by molar-refractivity contribution is 0.260. The van der Waals surface area contributed by atoms with Crippen molar-refractivity contribution >= 4 is 21.6 Å². The minimum Gasteiger partial charge on any atom is -0.305 e. The molecule has 4 rings (SSSR count). The zero-order chi connectivity index (χ0) is 20.8. The number of hydrogen-bond acceptors (Lipinski definition) is 3. The Kier molecular flexibility index (Phi) is 5.16. The Hall–Kier alpha value is -2.32. The van der Waals surface area contributed by atoms with Gasteiger partial charge in [-0.25, -0.2) is 23.5 Å². The number of nitrogens with one attached hydrogen (secondary N) is 1. The molecule has 0 saturated heterocycles. The molecule has 1 heterocycles. The van der Waals surface area contributed by atoms with Crippen LogP contribution in [0.3, 0.4) is 0 Å². The number of anilines is 1. The molecule has 29 heavy (non-hydrogen) atoms. The Morgan fingerprint density at radius 1 is 1.17 bits per heavy atom. The van der Waals surface area contributed by atoms with Gasteiger partial charge in [0.1, 0.15) is 0 Å². The summed E-state index contributed by atoms with van der Waals surface area (Å²) in [5.41, 5.74) is 6.20. The first-order valence-electron chi connectivity index (χ1n) is 9.94. The van der Waals surface area contributed by atoms with Crippen molar-refractivity contribution in [1.82, 2.24) is 4.98 Å². The van der Waals surface area contributed by atoms with Gasteiger partial charge in [0.2, 0.25) is 0 Å². The fraction of sp³-hybridized carbons (Fsp3) is 0.429. The number of carbonyl (C=O) groups excluding carboxylic acids is 1. The highest BCUT2D eigenvalue weighted by molar-refractivity contribution is 7.91. The molecular formula is C21H25FN4O2S. The predicted molar refractivity (Wildman–Crippen MR) is 111 cm³/mol. The van der Waals surface area contributed by atoms with Gasteiger partial charge in [0, 0.05) is 11.9 Å². The molecule has 0 aliphatic heterocycles. The first-order chi connectivity index (χ1) is 13.8. The van der Waals surface area contributed by atoms with Crippen LogP contribution in [-0.4, -0.2) is 15.2 Å². The van der Waals surface area contributed by atoms with E-state index in [4.69, 9.17) is 5.14 Å². The third kappa shape index (κ3) is 3.79. The van der Waals surface area contributed by atoms with Gasteiger partial charge in [0.05, 0.1) is 0 Å². The summed E-state index contributed by atoms with van der Waals surface area (Å²) in [4.78, 5) is 16.5. The number of fused-ring (bicyclic) bond motifs is 2. The average Bonchev–Trinajstić information content (AvgIpc) is 3.29. The van der Waals surface area contributed by atoms with Crippen molar-refractivity contribution in [3.63, 3.8) is 0 Å². The maximum Gasteiger partial charge on any atom is 0.354 e. The normalized spacial score (nSPS) is 17.0. The van der Waals surface area contributed by atoms with Gasteiger partial charge in [0.15, 0.2) is 20.8 Å². The molecule has 1 atom stereocenters. The van der Waals surface area contributed by atoms with Crippen molar-refractivity contribution in [1.29, 1.82) is 0 Å². The van der Waals surface area contributed by atoms with Crippen LogP contribution in [0, 0.1) is 5.82 Å². The zero-order valence-corrected chi connectivity index (χ0v) is 17.4. The molecule has 0 spiro atoms. The van der Waals surface area contributed by atoms with E-state index in [9.17, 15) is 13.4 Å². The smallest absolute Gasteiger partial charge is 0.305 e. The highest BCUT2D eigenvalue weighted by Gasteiger charge is 2.26. The second kappa shape index (κ2) is 7.50. The molecule has 1 aromatic carbocycles. The number of urea groups is 1. The van der Waals surface area contributed by atoms with E-state index in [1.165, 1.54) is 23.4 Å². The molecule has 3 N–H and O–H groups in total. The van der Waals surface area contributed by atoms with E-state index in [1.807, 2.05) is 13.8 Å². The van der Waals surface area contributed by atoms with Gasteiger partial charge in [-0.3, -0.25) is 0 Å². The molecule has 1 aromatic heterocycles. The van der Waals surface area contributed by atoms with E-state index in [0.717, 1.165) is 55.3 Å². The van der Waals surface area contributed by atoms with Crippen LogP contribution in [0.25, 0.3) is 0 Å². The zero-order valence-electron chi connectivity index (χ0n) is 16.6. The van der Waals surface area contributed by atoms with E-state index < -0.39 is 26.8 Å². The number of hydrogen-bond donors (Lipinski definition) is 2. The van der Waals surface area contributed by atoms with E-state index in [-0.39, 0.29) is 5.92 Å². The van der Waals surface area contributed by atoms with Gasteiger partial charge < -0.3 is 5.32 Å². The van der Waals surface area contributed by atoms with Gasteiger partial charge in [-0.1, -0.05) is 19.9 Å². The molecule has 2 aliphatic rings. The number of aromatic nitrogens is 1. The van der Waals surface area contributed by atoms with Gasteiger partial charge in [0.25, 0.3) is 0 Å². The number of amides is 2. The van der Waals surface area contributed by atoms with E-state index in [1.54, 1.807) is 0 Å². The number of nitrogens with two attached hydrogens (primary N) is 1. The minimum atomic E-state index is -3.80. The summed E-state index contributed by atoms with van der Waals surface area (Å²) in [5.74, 6) is -0.760. The molecule has 6 nitrogen and oxygen atoms in total. The molecule has 0 bridgehead atoms. The highest BCUT2D eigenvalue weighted by atomic mass is 32.2. The second-order valence-corrected chi connectivity index (χ2v) is 9.74. The van der Waals surface area contributed by atoms with Crippen molar-refractivity contribution in [3.8, 4) is 0 Å². The summed E-state index contributed by atoms with van der Waals surface area (Å²) < 4.78 is 30.8. The first kappa shape index (κ1) is 20.0. The summed E-state index contributed by atoms with van der Waals surface area (Å²) in [6, 6.07) is 2.66. The Bertz CT molecular complexity index is 1090. The van der Waals surface area contributed by atoms with Crippen molar-refractivity contribution in [2.45, 2.75) is 63.3 Å². The topological polar surface area (TPSA) is 97.4 Å². The third-order valence-corrected chi connectivity index (χ3v) is 6.99. The largest absolute Gasteiger partial charge is 0.354 e. The number of halogens is 1. The fourth-order valence-electron chi connectivity index (χ4n) is 4.23. The lowest BCUT2D eigenvalue weighted by Gasteiger charge is -2.15. The molecule has 2 aliphatic carbocycles. The van der Waals surface area contributed by atoms with Crippen LogP contribution < -0.4 is 10.5 Å². The molecule has 8 heteroatoms. The highest BCUT2D eigenvalue weighted by Crippen LogP contribution is 2.38. The maximum atomic E-state index is 14.4. The third-order valence-electron chi connectivity index (χ3n) is 5.70. The summed E-state index contributed by atoms with van der Waals surface area (Å²) >= 11 is 0. The van der Waals surface area contributed by atoms with E-state index in [0.29, 0.717) is 5.56 Å². The fourth-order valence-corrected chi connectivity index (χ4v) is 5.15. The predicted octanol–water partition coefficient (Wildman–Crippen LogP) is 4.25. The number of pyridine rings is 1. The SMILES string of the molecule is CC(C)c1cnc(S(N)(=O)=NC(=O)Nc2c3c(cc4c2CCC4)CCC3)c(F)c1. The summed E-state index contributed by atoms with van der Waals surface area (Å²) in [6.45, 7) is 3.79. The summed E-state index contributed by atoms with van der Waals surface area (Å²) in [7, 11) is -3.80. The average molecular weight is 417 g/mol. The molecule has 154 valence electrons. The summed E-state index contributed by atoms with van der Waals surface area (Å²) in [5, 5.41) is 8.05. The van der Waals surface area contributed by atoms with Crippen LogP contribution in [0.15, 0.2) is 27.7 Å². The van der Waals surface area contributed by atoms with Crippen LogP contribution in [-0.2, 0) is 35.6 Å². The van der Waals surface area contributed by atoms with Gasteiger partial charge in [-0.15, -0.1) is 4.36 Å². The quantitative estimate of drug-likeness (QED) is 0.782. The summed E-state index contributed by atoms with van der Waals surface area (Å²) in [6.07, 6.45) is 7.28. The number of benzene rings is 1. The molecule has 1 unspecified atom stereocenters. The molecule has 2 amide bonds. The first-order valence-corrected chi connectivity index (χ1v) is 11.5. The van der Waals surface area contributed by atoms with E-state index in [2.05, 4.69) is 20.7 Å². The number of aryl methyl sites for hydroxylation is 2. The number of carbonyl (C=O) groups is 1. The van der Waals surface area contributed by atoms with Crippen LogP contribution in [0.4, 0.5) is 14.9 Å². The van der Waals surface area contributed by atoms with Crippen molar-refractivity contribution in [2.75, 3.05) is 5.32 Å². The molecule has 0 saturated carbocycles. The van der Waals surface area contributed by atoms with Gasteiger partial charge >= 0.3 is 6.03 Å². The van der Waals surface area contributed by atoms with Crippen LogP contribution in [0.1, 0.15) is 60.4 Å². The van der Waals surface area contributed by atoms with Crippen LogP contribution in [0.2, 0.25) is 0 Å². The molecule has 0 fully saturated rings. The second-order valence-electron chi connectivity index (χ2n) is 8.03. The minimum absolute atomic E-state index is 0.0578. The van der Waals surface area contributed by atoms with Crippen LogP contribution in [0.5, 0.6) is 0 Å². The Morgan fingerprint density at radius 2 is 1.79 bits per heavy atom. The Morgan fingerprint density at radius 3 is 2.34 bits per heavy atom. The standard InChI is InChI=1S/C21H25FN4O2S/c1-12(2)15-10-18(22)20(24-11-15)29(23,28)26-21(27)25-19-16-7-3-5-13(16)9-14-6-4-8-17(14)19/h9-12H,3-8H2,1-2H3,(H3,23,25,26,27,28). The van der Waals surface area contributed by atoms with Gasteiger partial charge in [-0.05, 0) is 78.3 Å². The lowest BCUT2D eigenvalue weighted by atomic mass is 9.99. The van der Waals surface area contributed by atoms with Crippen molar-refractivity contribution in [2.24, 2.45) is 9.50 Å². The monoisotopic (exact) mass is 416 g/mol. The Balaban J connectivity index is 1.67. The number of rotatable bonds is 3. The van der Waals surface area contributed by atoms with Crippen molar-refractivity contribution < 1.29 is 13.4 Å². The molecular weight excluding hydrogens is 391 g/mol. The number of nitrogens with zero attached hydrogens (tertiary/aromatic N) is 2. The lowest BCUT2D eigenvalue weighted by Crippen LogP contribution is -2.21. The Labute approximate surface area is 170 Å². The van der Waals surface area contributed by atoms with Gasteiger partial charge in [-0.2, -0.15) is 0 Å². The molecule has 2 aromatic rings. The maximum absolute atomic E-state index is 14.4.